The molecule has 0 aliphatic carbocycles. The summed E-state index contributed by atoms with van der Waals surface area (Å²) in [6.07, 6.45) is 3.29. The monoisotopic (exact) mass is 525 g/mol. The smallest absolute Gasteiger partial charge is 0.337 e. The van der Waals surface area contributed by atoms with Gasteiger partial charge in [0.25, 0.3) is 0 Å². The predicted molar refractivity (Wildman–Crippen MR) is 144 cm³/mol. The van der Waals surface area contributed by atoms with E-state index in [1.54, 1.807) is 10.4 Å². The molecule has 2 aliphatic rings. The van der Waals surface area contributed by atoms with E-state index in [0.717, 1.165) is 35.2 Å². The number of rotatable bonds is 8. The number of methoxy groups -OCH3 is 1. The van der Waals surface area contributed by atoms with Crippen molar-refractivity contribution >= 4 is 26.9 Å². The SMILES string of the molecule is COCCS(=O)(=O)N1CCC(c2c[nH]c3c(C(=O)O)cc(-c4ccc5c(c4)CN(C(C)C)C5)cc23)CC1. The number of ether oxygens (including phenoxy) is 1. The largest absolute Gasteiger partial charge is 0.478 e. The number of hydrogen-bond acceptors (Lipinski definition) is 5. The van der Waals surface area contributed by atoms with Crippen LogP contribution in [0.25, 0.3) is 22.0 Å². The van der Waals surface area contributed by atoms with Gasteiger partial charge in [-0.05, 0) is 78.6 Å². The standard InChI is InChI=1S/C28H35N3O5S/c1-18(2)30-16-21-5-4-20(12-23(21)17-30)22-13-24-26(15-29-27(24)25(14-22)28(32)33)19-6-8-31(9-7-19)37(34,35)11-10-36-3/h4-5,12-15,18-19,29H,6-11,16-17H2,1-3H3,(H,32,33). The van der Waals surface area contributed by atoms with Crippen molar-refractivity contribution in [1.29, 1.82) is 0 Å². The van der Waals surface area contributed by atoms with Crippen LogP contribution in [0.1, 0.15) is 59.7 Å². The third-order valence-corrected chi connectivity index (χ3v) is 9.74. The lowest BCUT2D eigenvalue weighted by atomic mass is 9.88. The van der Waals surface area contributed by atoms with E-state index in [1.165, 1.54) is 18.2 Å². The number of nitrogens with zero attached hydrogens (tertiary/aromatic N) is 2. The molecule has 198 valence electrons. The van der Waals surface area contributed by atoms with Gasteiger partial charge in [-0.15, -0.1) is 0 Å². The number of fused-ring (bicyclic) bond motifs is 2. The first-order valence-electron chi connectivity index (χ1n) is 12.9. The lowest BCUT2D eigenvalue weighted by Gasteiger charge is -2.31. The summed E-state index contributed by atoms with van der Waals surface area (Å²) < 4.78 is 31.7. The minimum atomic E-state index is -3.34. The molecular formula is C28H35N3O5S. The van der Waals surface area contributed by atoms with Crippen molar-refractivity contribution in [3.8, 4) is 11.1 Å². The number of H-pyrrole nitrogens is 1. The maximum atomic E-state index is 12.6. The Morgan fingerprint density at radius 3 is 2.51 bits per heavy atom. The summed E-state index contributed by atoms with van der Waals surface area (Å²) in [6, 6.07) is 10.8. The Kier molecular flexibility index (Phi) is 7.15. The molecule has 0 saturated carbocycles. The van der Waals surface area contributed by atoms with Gasteiger partial charge in [0.15, 0.2) is 0 Å². The average molecular weight is 526 g/mol. The molecule has 8 nitrogen and oxygen atoms in total. The Bertz CT molecular complexity index is 1420. The molecule has 1 fully saturated rings. The lowest BCUT2D eigenvalue weighted by molar-refractivity contribution is 0.0699. The summed E-state index contributed by atoms with van der Waals surface area (Å²) in [5.41, 5.74) is 6.44. The maximum Gasteiger partial charge on any atom is 0.337 e. The fraction of sp³-hybridized carbons (Fsp3) is 0.464. The number of carboxylic acids is 1. The molecule has 37 heavy (non-hydrogen) atoms. The Morgan fingerprint density at radius 2 is 1.84 bits per heavy atom. The van der Waals surface area contributed by atoms with Gasteiger partial charge in [0.05, 0.1) is 23.4 Å². The van der Waals surface area contributed by atoms with E-state index in [0.29, 0.717) is 37.5 Å². The van der Waals surface area contributed by atoms with Gasteiger partial charge in [0.2, 0.25) is 10.0 Å². The van der Waals surface area contributed by atoms with Gasteiger partial charge >= 0.3 is 5.97 Å². The molecule has 2 aromatic carbocycles. The first-order valence-corrected chi connectivity index (χ1v) is 14.5. The van der Waals surface area contributed by atoms with Gasteiger partial charge in [-0.2, -0.15) is 0 Å². The molecule has 0 amide bonds. The Morgan fingerprint density at radius 1 is 1.11 bits per heavy atom. The number of aromatic carboxylic acids is 1. The molecule has 0 radical (unpaired) electrons. The molecule has 0 bridgehead atoms. The van der Waals surface area contributed by atoms with Crippen molar-refractivity contribution in [2.45, 2.75) is 51.7 Å². The molecular weight excluding hydrogens is 490 g/mol. The quantitative estimate of drug-likeness (QED) is 0.452. The molecule has 2 N–H and O–H groups in total. The van der Waals surface area contributed by atoms with E-state index in [4.69, 9.17) is 4.74 Å². The second-order valence-electron chi connectivity index (χ2n) is 10.5. The number of nitrogens with one attached hydrogen (secondary N) is 1. The number of carboxylic acid groups (broad SMARTS) is 1. The van der Waals surface area contributed by atoms with Gasteiger partial charge < -0.3 is 14.8 Å². The minimum absolute atomic E-state index is 0.0116. The molecule has 1 aromatic heterocycles. The first-order chi connectivity index (χ1) is 17.7. The highest BCUT2D eigenvalue weighted by Crippen LogP contribution is 2.38. The zero-order valence-corrected chi connectivity index (χ0v) is 22.5. The molecule has 0 atom stereocenters. The number of sulfonamides is 1. The Hall–Kier alpha value is -2.72. The summed E-state index contributed by atoms with van der Waals surface area (Å²) in [4.78, 5) is 17.8. The van der Waals surface area contributed by atoms with Crippen molar-refractivity contribution < 1.29 is 23.1 Å². The number of hydrogen-bond donors (Lipinski definition) is 2. The van der Waals surface area contributed by atoms with Crippen LogP contribution in [-0.4, -0.2) is 72.3 Å². The molecule has 9 heteroatoms. The maximum absolute atomic E-state index is 12.6. The van der Waals surface area contributed by atoms with E-state index in [2.05, 4.69) is 48.0 Å². The van der Waals surface area contributed by atoms with Crippen molar-refractivity contribution in [3.63, 3.8) is 0 Å². The minimum Gasteiger partial charge on any atom is -0.478 e. The van der Waals surface area contributed by atoms with Crippen LogP contribution in [0.5, 0.6) is 0 Å². The summed E-state index contributed by atoms with van der Waals surface area (Å²) in [6.45, 7) is 7.33. The van der Waals surface area contributed by atoms with Crippen LogP contribution in [0.2, 0.25) is 0 Å². The van der Waals surface area contributed by atoms with Gasteiger partial charge in [-0.25, -0.2) is 17.5 Å². The fourth-order valence-electron chi connectivity index (χ4n) is 5.65. The third-order valence-electron chi connectivity index (χ3n) is 7.90. The third kappa shape index (κ3) is 5.05. The highest BCUT2D eigenvalue weighted by molar-refractivity contribution is 7.89. The molecule has 0 unspecified atom stereocenters. The summed E-state index contributed by atoms with van der Waals surface area (Å²) >= 11 is 0. The number of aromatic amines is 1. The van der Waals surface area contributed by atoms with E-state index >= 15 is 0 Å². The number of aromatic nitrogens is 1. The summed E-state index contributed by atoms with van der Waals surface area (Å²) in [5.74, 6) is -0.826. The predicted octanol–water partition coefficient (Wildman–Crippen LogP) is 4.41. The molecule has 1 saturated heterocycles. The number of piperidine rings is 1. The van der Waals surface area contributed by atoms with Crippen molar-refractivity contribution in [1.82, 2.24) is 14.2 Å². The van der Waals surface area contributed by atoms with Crippen LogP contribution in [-0.2, 0) is 27.8 Å². The van der Waals surface area contributed by atoms with Crippen LogP contribution in [0.3, 0.4) is 0 Å². The second-order valence-corrected chi connectivity index (χ2v) is 12.5. The highest BCUT2D eigenvalue weighted by atomic mass is 32.2. The topological polar surface area (TPSA) is 103 Å². The molecule has 0 spiro atoms. The van der Waals surface area contributed by atoms with E-state index in [-0.39, 0.29) is 23.8 Å². The average Bonchev–Trinajstić information content (AvgIpc) is 3.51. The van der Waals surface area contributed by atoms with Crippen LogP contribution in [0.4, 0.5) is 0 Å². The molecule has 2 aliphatic heterocycles. The first kappa shape index (κ1) is 25.9. The van der Waals surface area contributed by atoms with Gasteiger partial charge in [0, 0.05) is 50.9 Å². The lowest BCUT2D eigenvalue weighted by Crippen LogP contribution is -2.39. The van der Waals surface area contributed by atoms with Gasteiger partial charge in [0.1, 0.15) is 0 Å². The van der Waals surface area contributed by atoms with Gasteiger partial charge in [-0.3, -0.25) is 4.90 Å². The summed E-state index contributed by atoms with van der Waals surface area (Å²) in [5, 5.41) is 10.9. The zero-order valence-electron chi connectivity index (χ0n) is 21.7. The molecule has 5 rings (SSSR count). The van der Waals surface area contributed by atoms with Crippen molar-refractivity contribution in [2.24, 2.45) is 0 Å². The zero-order chi connectivity index (χ0) is 26.3. The van der Waals surface area contributed by atoms with Crippen molar-refractivity contribution in [3.05, 3.63) is 58.8 Å². The van der Waals surface area contributed by atoms with Crippen LogP contribution < -0.4 is 0 Å². The van der Waals surface area contributed by atoms with E-state index < -0.39 is 16.0 Å². The second kappa shape index (κ2) is 10.2. The van der Waals surface area contributed by atoms with Crippen LogP contribution >= 0.6 is 0 Å². The molecule has 3 aromatic rings. The Balaban J connectivity index is 1.45. The van der Waals surface area contributed by atoms with Crippen LogP contribution in [0.15, 0.2) is 36.5 Å². The summed E-state index contributed by atoms with van der Waals surface area (Å²) in [7, 11) is -1.83. The van der Waals surface area contributed by atoms with E-state index in [1.807, 2.05) is 6.20 Å². The normalized spacial score (nSPS) is 17.6. The van der Waals surface area contributed by atoms with Gasteiger partial charge in [-0.1, -0.05) is 12.1 Å². The number of carbonyl (C=O) groups is 1. The van der Waals surface area contributed by atoms with Crippen LogP contribution in [0, 0.1) is 0 Å². The number of benzene rings is 2. The molecule has 3 heterocycles. The van der Waals surface area contributed by atoms with E-state index in [9.17, 15) is 18.3 Å². The fourth-order valence-corrected chi connectivity index (χ4v) is 7.06. The Labute approximate surface area is 218 Å². The van der Waals surface area contributed by atoms with Crippen molar-refractivity contribution in [2.75, 3.05) is 32.6 Å². The highest BCUT2D eigenvalue weighted by Gasteiger charge is 2.30.